The minimum atomic E-state index is 0.481. The van der Waals surface area contributed by atoms with Crippen molar-refractivity contribution in [3.05, 3.63) is 58.6 Å². The number of halogens is 1. The standard InChI is InChI=1S/C18H22ClNO/c1-4-20-12-16-17(19)9-6-10-18(16)21-15-8-5-7-14(11-15)13(2)3/h5-11,13,20H,4,12H2,1-3H3. The monoisotopic (exact) mass is 303 g/mol. The highest BCUT2D eigenvalue weighted by atomic mass is 35.5. The topological polar surface area (TPSA) is 21.3 Å². The molecule has 0 aliphatic carbocycles. The molecule has 0 aromatic heterocycles. The van der Waals surface area contributed by atoms with E-state index in [4.69, 9.17) is 16.3 Å². The van der Waals surface area contributed by atoms with Crippen LogP contribution in [0.3, 0.4) is 0 Å². The second-order valence-electron chi connectivity index (χ2n) is 5.33. The Hall–Kier alpha value is -1.51. The summed E-state index contributed by atoms with van der Waals surface area (Å²) in [5.41, 5.74) is 2.26. The molecule has 2 aromatic rings. The van der Waals surface area contributed by atoms with Gasteiger partial charge in [-0.05, 0) is 42.3 Å². The summed E-state index contributed by atoms with van der Waals surface area (Å²) < 4.78 is 6.05. The van der Waals surface area contributed by atoms with E-state index in [1.165, 1.54) is 5.56 Å². The van der Waals surface area contributed by atoms with Crippen molar-refractivity contribution in [1.29, 1.82) is 0 Å². The maximum atomic E-state index is 6.29. The van der Waals surface area contributed by atoms with Crippen molar-refractivity contribution < 1.29 is 4.74 Å². The summed E-state index contributed by atoms with van der Waals surface area (Å²) in [7, 11) is 0. The molecule has 0 spiro atoms. The Balaban J connectivity index is 2.26. The maximum absolute atomic E-state index is 6.29. The summed E-state index contributed by atoms with van der Waals surface area (Å²) in [6.45, 7) is 8.02. The number of ether oxygens (including phenoxy) is 1. The fraction of sp³-hybridized carbons (Fsp3) is 0.333. The fourth-order valence-electron chi connectivity index (χ4n) is 2.12. The van der Waals surface area contributed by atoms with Crippen LogP contribution in [0, 0.1) is 0 Å². The van der Waals surface area contributed by atoms with Crippen molar-refractivity contribution in [3.63, 3.8) is 0 Å². The molecule has 2 nitrogen and oxygen atoms in total. The maximum Gasteiger partial charge on any atom is 0.133 e. The highest BCUT2D eigenvalue weighted by Crippen LogP contribution is 2.31. The first-order valence-electron chi connectivity index (χ1n) is 7.37. The van der Waals surface area contributed by atoms with E-state index in [2.05, 4.69) is 38.2 Å². The third kappa shape index (κ3) is 4.23. The molecule has 0 unspecified atom stereocenters. The zero-order valence-electron chi connectivity index (χ0n) is 12.8. The van der Waals surface area contributed by atoms with Crippen LogP contribution in [0.25, 0.3) is 0 Å². The highest BCUT2D eigenvalue weighted by molar-refractivity contribution is 6.31. The molecule has 0 atom stereocenters. The van der Waals surface area contributed by atoms with Gasteiger partial charge in [-0.2, -0.15) is 0 Å². The van der Waals surface area contributed by atoms with Gasteiger partial charge < -0.3 is 10.1 Å². The smallest absolute Gasteiger partial charge is 0.133 e. The molecule has 0 aliphatic heterocycles. The third-order valence-electron chi connectivity index (χ3n) is 3.38. The molecule has 2 rings (SSSR count). The van der Waals surface area contributed by atoms with Gasteiger partial charge in [-0.3, -0.25) is 0 Å². The molecule has 0 saturated heterocycles. The van der Waals surface area contributed by atoms with E-state index in [9.17, 15) is 0 Å². The van der Waals surface area contributed by atoms with E-state index in [-0.39, 0.29) is 0 Å². The van der Waals surface area contributed by atoms with Gasteiger partial charge in [0.25, 0.3) is 0 Å². The van der Waals surface area contributed by atoms with Gasteiger partial charge in [0.2, 0.25) is 0 Å². The number of hydrogen-bond donors (Lipinski definition) is 1. The zero-order chi connectivity index (χ0) is 15.2. The van der Waals surface area contributed by atoms with Crippen molar-refractivity contribution in [2.75, 3.05) is 6.54 Å². The Kier molecular flexibility index (Phi) is 5.66. The Labute approximate surface area is 132 Å². The van der Waals surface area contributed by atoms with Gasteiger partial charge in [-0.15, -0.1) is 0 Å². The first-order chi connectivity index (χ1) is 10.1. The van der Waals surface area contributed by atoms with Gasteiger partial charge in [-0.1, -0.05) is 50.6 Å². The van der Waals surface area contributed by atoms with Crippen molar-refractivity contribution in [1.82, 2.24) is 5.32 Å². The average Bonchev–Trinajstić information content (AvgIpc) is 2.47. The van der Waals surface area contributed by atoms with Crippen LogP contribution in [0.15, 0.2) is 42.5 Å². The molecule has 0 aliphatic rings. The van der Waals surface area contributed by atoms with Crippen LogP contribution in [-0.4, -0.2) is 6.54 Å². The van der Waals surface area contributed by atoms with E-state index in [1.54, 1.807) is 0 Å². The lowest BCUT2D eigenvalue weighted by molar-refractivity contribution is 0.472. The predicted molar refractivity (Wildman–Crippen MR) is 89.4 cm³/mol. The quantitative estimate of drug-likeness (QED) is 0.775. The molecular formula is C18H22ClNO. The van der Waals surface area contributed by atoms with E-state index in [0.29, 0.717) is 12.5 Å². The molecule has 112 valence electrons. The number of benzene rings is 2. The van der Waals surface area contributed by atoms with Crippen LogP contribution < -0.4 is 10.1 Å². The summed E-state index contributed by atoms with van der Waals surface area (Å²) in [6, 6.07) is 14.0. The lowest BCUT2D eigenvalue weighted by Crippen LogP contribution is -2.12. The summed E-state index contributed by atoms with van der Waals surface area (Å²) in [5, 5.41) is 4.03. The number of hydrogen-bond acceptors (Lipinski definition) is 2. The summed E-state index contributed by atoms with van der Waals surface area (Å²) in [4.78, 5) is 0. The van der Waals surface area contributed by atoms with Crippen molar-refractivity contribution in [2.24, 2.45) is 0 Å². The zero-order valence-corrected chi connectivity index (χ0v) is 13.6. The van der Waals surface area contributed by atoms with Crippen LogP contribution >= 0.6 is 11.6 Å². The van der Waals surface area contributed by atoms with Crippen LogP contribution in [0.1, 0.15) is 37.8 Å². The van der Waals surface area contributed by atoms with Gasteiger partial charge >= 0.3 is 0 Å². The SMILES string of the molecule is CCNCc1c(Cl)cccc1Oc1cccc(C(C)C)c1. The molecule has 0 radical (unpaired) electrons. The molecule has 21 heavy (non-hydrogen) atoms. The minimum Gasteiger partial charge on any atom is -0.457 e. The van der Waals surface area contributed by atoms with Crippen LogP contribution in [0.5, 0.6) is 11.5 Å². The lowest BCUT2D eigenvalue weighted by Gasteiger charge is -2.14. The highest BCUT2D eigenvalue weighted by Gasteiger charge is 2.09. The van der Waals surface area contributed by atoms with Crippen LogP contribution in [0.2, 0.25) is 5.02 Å². The molecule has 0 saturated carbocycles. The number of nitrogens with one attached hydrogen (secondary N) is 1. The second-order valence-corrected chi connectivity index (χ2v) is 5.73. The van der Waals surface area contributed by atoms with Crippen molar-refractivity contribution in [2.45, 2.75) is 33.2 Å². The molecule has 0 heterocycles. The molecule has 0 bridgehead atoms. The lowest BCUT2D eigenvalue weighted by atomic mass is 10.0. The minimum absolute atomic E-state index is 0.481. The van der Waals surface area contributed by atoms with Gasteiger partial charge in [0, 0.05) is 17.1 Å². The first kappa shape index (κ1) is 15.9. The van der Waals surface area contributed by atoms with Gasteiger partial charge in [-0.25, -0.2) is 0 Å². The molecule has 3 heteroatoms. The molecular weight excluding hydrogens is 282 g/mol. The van der Waals surface area contributed by atoms with Gasteiger partial charge in [0.1, 0.15) is 11.5 Å². The van der Waals surface area contributed by atoms with Crippen LogP contribution in [0.4, 0.5) is 0 Å². The van der Waals surface area contributed by atoms with Crippen molar-refractivity contribution in [3.8, 4) is 11.5 Å². The van der Waals surface area contributed by atoms with Gasteiger partial charge in [0.15, 0.2) is 0 Å². The Morgan fingerprint density at radius 3 is 2.62 bits per heavy atom. The Morgan fingerprint density at radius 1 is 1.14 bits per heavy atom. The summed E-state index contributed by atoms with van der Waals surface area (Å²) in [6.07, 6.45) is 0. The Morgan fingerprint density at radius 2 is 1.90 bits per heavy atom. The third-order valence-corrected chi connectivity index (χ3v) is 3.73. The summed E-state index contributed by atoms with van der Waals surface area (Å²) >= 11 is 6.29. The predicted octanol–water partition coefficient (Wildman–Crippen LogP) is 5.37. The van der Waals surface area contributed by atoms with E-state index in [1.807, 2.05) is 30.3 Å². The fourth-order valence-corrected chi connectivity index (χ4v) is 2.35. The second kappa shape index (κ2) is 7.48. The average molecular weight is 304 g/mol. The normalized spacial score (nSPS) is 10.9. The Bertz CT molecular complexity index is 596. The molecule has 0 amide bonds. The molecule has 1 N–H and O–H groups in total. The van der Waals surface area contributed by atoms with Crippen LogP contribution in [-0.2, 0) is 6.54 Å². The largest absolute Gasteiger partial charge is 0.457 e. The van der Waals surface area contributed by atoms with E-state index in [0.717, 1.165) is 28.6 Å². The molecule has 2 aromatic carbocycles. The number of rotatable bonds is 6. The molecule has 0 fully saturated rings. The first-order valence-corrected chi connectivity index (χ1v) is 7.75. The van der Waals surface area contributed by atoms with E-state index >= 15 is 0 Å². The van der Waals surface area contributed by atoms with Gasteiger partial charge in [0.05, 0.1) is 0 Å². The summed E-state index contributed by atoms with van der Waals surface area (Å²) in [5.74, 6) is 2.14. The van der Waals surface area contributed by atoms with E-state index < -0.39 is 0 Å². The van der Waals surface area contributed by atoms with Crippen molar-refractivity contribution >= 4 is 11.6 Å².